The summed E-state index contributed by atoms with van der Waals surface area (Å²) in [4.78, 5) is 23.3. The molecule has 2 fully saturated rings. The normalized spacial score (nSPS) is 40.4. The summed E-state index contributed by atoms with van der Waals surface area (Å²) in [7, 11) is 0. The van der Waals surface area contributed by atoms with Gasteiger partial charge in [0.2, 0.25) is 0 Å². The number of aliphatic hydroxyl groups is 5. The number of carbonyl (C=O) groups is 2. The molecule has 2 aliphatic heterocycles. The van der Waals surface area contributed by atoms with Gasteiger partial charge in [-0.3, -0.25) is 4.79 Å². The number of hydrogen-bond acceptors (Lipinski definition) is 12. The summed E-state index contributed by atoms with van der Waals surface area (Å²) in [6.07, 6.45) is -15.7. The van der Waals surface area contributed by atoms with Crippen molar-refractivity contribution in [1.82, 2.24) is 0 Å². The number of esters is 1. The highest BCUT2D eigenvalue weighted by atomic mass is 16.8. The second-order valence-electron chi connectivity index (χ2n) is 8.57. The zero-order valence-corrected chi connectivity index (χ0v) is 19.6. The van der Waals surface area contributed by atoms with Crippen molar-refractivity contribution in [3.05, 3.63) is 0 Å². The van der Waals surface area contributed by atoms with Crippen molar-refractivity contribution < 1.29 is 63.9 Å². The Morgan fingerprint density at radius 1 is 0.824 bits per heavy atom. The van der Waals surface area contributed by atoms with Gasteiger partial charge in [0.25, 0.3) is 0 Å². The van der Waals surface area contributed by atoms with E-state index in [9.17, 15) is 35.1 Å². The number of carboxylic acid groups (broad SMARTS) is 1. The first kappa shape index (κ1) is 28.8. The molecular formula is C21H36O13. The monoisotopic (exact) mass is 496 g/mol. The van der Waals surface area contributed by atoms with E-state index in [1.54, 1.807) is 13.8 Å². The Balaban J connectivity index is 2.13. The maximum Gasteiger partial charge on any atom is 0.345 e. The summed E-state index contributed by atoms with van der Waals surface area (Å²) < 4.78 is 27.5. The van der Waals surface area contributed by atoms with Crippen molar-refractivity contribution in [2.24, 2.45) is 0 Å². The first-order valence-electron chi connectivity index (χ1n) is 11.4. The van der Waals surface area contributed by atoms with Crippen molar-refractivity contribution in [2.45, 2.75) is 121 Å². The predicted molar refractivity (Wildman–Crippen MR) is 111 cm³/mol. The quantitative estimate of drug-likeness (QED) is 0.186. The molecule has 2 heterocycles. The van der Waals surface area contributed by atoms with Crippen LogP contribution >= 0.6 is 0 Å². The molecule has 0 aromatic carbocycles. The van der Waals surface area contributed by atoms with Gasteiger partial charge in [-0.05, 0) is 26.7 Å². The number of rotatable bonds is 10. The van der Waals surface area contributed by atoms with Gasteiger partial charge in [-0.1, -0.05) is 13.8 Å². The van der Waals surface area contributed by atoms with Crippen LogP contribution in [-0.4, -0.2) is 116 Å². The van der Waals surface area contributed by atoms with Crippen molar-refractivity contribution >= 4 is 11.9 Å². The summed E-state index contributed by atoms with van der Waals surface area (Å²) >= 11 is 0. The summed E-state index contributed by atoms with van der Waals surface area (Å²) in [5.74, 6) is -2.08. The molecule has 12 atom stereocenters. The highest BCUT2D eigenvalue weighted by Gasteiger charge is 2.50. The van der Waals surface area contributed by atoms with Gasteiger partial charge in [0.15, 0.2) is 18.7 Å². The maximum absolute atomic E-state index is 12.2. The van der Waals surface area contributed by atoms with Crippen LogP contribution in [0.4, 0.5) is 0 Å². The minimum Gasteiger partial charge on any atom is -0.479 e. The number of aliphatic hydroxyl groups excluding tert-OH is 5. The molecule has 2 aliphatic rings. The SMILES string of the molecule is CCC(CC(=O)OC(CC)C(=O)O)O[C@@H]1OC(C)[C@H](O)[C@H](O)C1O[C@@H]1OC(C)[C@H](O)[C@H](O)C1O. The minimum atomic E-state index is -1.67. The largest absolute Gasteiger partial charge is 0.479 e. The van der Waals surface area contributed by atoms with Gasteiger partial charge in [-0.25, -0.2) is 4.79 Å². The predicted octanol–water partition coefficient (Wildman–Crippen LogP) is -1.74. The smallest absolute Gasteiger partial charge is 0.345 e. The highest BCUT2D eigenvalue weighted by molar-refractivity contribution is 5.78. The molecule has 0 aliphatic carbocycles. The van der Waals surface area contributed by atoms with Crippen LogP contribution in [-0.2, 0) is 33.3 Å². The molecule has 34 heavy (non-hydrogen) atoms. The van der Waals surface area contributed by atoms with Crippen LogP contribution in [0.3, 0.4) is 0 Å². The number of aliphatic carboxylic acids is 1. The Kier molecular flexibility index (Phi) is 10.6. The molecule has 2 saturated heterocycles. The lowest BCUT2D eigenvalue weighted by molar-refractivity contribution is -0.366. The van der Waals surface area contributed by atoms with Gasteiger partial charge in [0.1, 0.15) is 36.6 Å². The van der Waals surface area contributed by atoms with E-state index >= 15 is 0 Å². The summed E-state index contributed by atoms with van der Waals surface area (Å²) in [6, 6.07) is 0. The average Bonchev–Trinajstić information content (AvgIpc) is 2.79. The van der Waals surface area contributed by atoms with E-state index in [1.165, 1.54) is 13.8 Å². The second kappa shape index (κ2) is 12.5. The molecule has 0 bridgehead atoms. The lowest BCUT2D eigenvalue weighted by atomic mass is 9.98. The molecule has 0 saturated carbocycles. The van der Waals surface area contributed by atoms with Gasteiger partial charge in [-0.15, -0.1) is 0 Å². The molecule has 198 valence electrons. The van der Waals surface area contributed by atoms with E-state index in [2.05, 4.69) is 0 Å². The van der Waals surface area contributed by atoms with Crippen LogP contribution in [0.2, 0.25) is 0 Å². The van der Waals surface area contributed by atoms with Crippen LogP contribution < -0.4 is 0 Å². The number of ether oxygens (including phenoxy) is 5. The standard InChI is InChI=1S/C21H36O13/c1-5-10(7-12(22)33-11(6-2)19(28)29)32-21-18(16(26)14(24)9(4)31-21)34-20-17(27)15(25)13(23)8(3)30-20/h8-11,13-18,20-21,23-27H,5-7H2,1-4H3,(H,28,29)/t8?,9?,10?,11?,13-,14-,15-,16-,17?,18?,20-,21-/m0/s1. The first-order chi connectivity index (χ1) is 15.9. The fraction of sp³-hybridized carbons (Fsp3) is 0.905. The average molecular weight is 497 g/mol. The summed E-state index contributed by atoms with van der Waals surface area (Å²) in [6.45, 7) is 6.20. The van der Waals surface area contributed by atoms with Crippen molar-refractivity contribution in [3.8, 4) is 0 Å². The van der Waals surface area contributed by atoms with Gasteiger partial charge < -0.3 is 54.3 Å². The lowest BCUT2D eigenvalue weighted by Crippen LogP contribution is -2.63. The third-order valence-corrected chi connectivity index (χ3v) is 5.98. The van der Waals surface area contributed by atoms with Crippen LogP contribution in [0.1, 0.15) is 47.0 Å². The van der Waals surface area contributed by atoms with E-state index in [-0.39, 0.29) is 19.3 Å². The molecule has 13 heteroatoms. The molecule has 0 amide bonds. The van der Waals surface area contributed by atoms with Crippen molar-refractivity contribution in [1.29, 1.82) is 0 Å². The Morgan fingerprint density at radius 3 is 1.91 bits per heavy atom. The van der Waals surface area contributed by atoms with E-state index in [0.717, 1.165) is 0 Å². The van der Waals surface area contributed by atoms with Crippen molar-refractivity contribution in [2.75, 3.05) is 0 Å². The number of hydrogen-bond donors (Lipinski definition) is 6. The fourth-order valence-electron chi connectivity index (χ4n) is 3.72. The molecule has 2 rings (SSSR count). The minimum absolute atomic E-state index is 0.0880. The zero-order chi connectivity index (χ0) is 25.7. The van der Waals surface area contributed by atoms with Crippen LogP contribution in [0, 0.1) is 0 Å². The Hall–Kier alpha value is -1.42. The number of carboxylic acids is 1. The molecular weight excluding hydrogens is 460 g/mol. The van der Waals surface area contributed by atoms with Crippen LogP contribution in [0.25, 0.3) is 0 Å². The zero-order valence-electron chi connectivity index (χ0n) is 19.6. The molecule has 0 aromatic heterocycles. The molecule has 6 N–H and O–H groups in total. The topological polar surface area (TPSA) is 202 Å². The van der Waals surface area contributed by atoms with Gasteiger partial charge in [0, 0.05) is 0 Å². The number of carbonyl (C=O) groups excluding carboxylic acids is 1. The molecule has 0 aromatic rings. The molecule has 6 unspecified atom stereocenters. The third kappa shape index (κ3) is 6.83. The Morgan fingerprint density at radius 2 is 1.38 bits per heavy atom. The Labute approximate surface area is 197 Å². The summed E-state index contributed by atoms with van der Waals surface area (Å²) in [5.41, 5.74) is 0. The highest BCUT2D eigenvalue weighted by Crippen LogP contribution is 2.30. The van der Waals surface area contributed by atoms with Crippen molar-refractivity contribution in [3.63, 3.8) is 0 Å². The molecule has 13 nitrogen and oxygen atoms in total. The van der Waals surface area contributed by atoms with E-state index in [4.69, 9.17) is 28.8 Å². The molecule has 0 radical (unpaired) electrons. The van der Waals surface area contributed by atoms with Gasteiger partial charge >= 0.3 is 11.9 Å². The maximum atomic E-state index is 12.2. The van der Waals surface area contributed by atoms with E-state index < -0.39 is 85.6 Å². The van der Waals surface area contributed by atoms with Crippen LogP contribution in [0.5, 0.6) is 0 Å². The second-order valence-corrected chi connectivity index (χ2v) is 8.57. The Bertz CT molecular complexity index is 675. The van der Waals surface area contributed by atoms with Crippen LogP contribution in [0.15, 0.2) is 0 Å². The first-order valence-corrected chi connectivity index (χ1v) is 11.4. The lowest BCUT2D eigenvalue weighted by Gasteiger charge is -2.46. The van der Waals surface area contributed by atoms with E-state index in [0.29, 0.717) is 0 Å². The summed E-state index contributed by atoms with van der Waals surface area (Å²) in [5, 5.41) is 60.1. The van der Waals surface area contributed by atoms with Gasteiger partial charge in [-0.2, -0.15) is 0 Å². The van der Waals surface area contributed by atoms with E-state index in [1.807, 2.05) is 0 Å². The fourth-order valence-corrected chi connectivity index (χ4v) is 3.72. The third-order valence-electron chi connectivity index (χ3n) is 5.98. The molecule has 0 spiro atoms. The van der Waals surface area contributed by atoms with Gasteiger partial charge in [0.05, 0.1) is 24.7 Å².